The Labute approximate surface area is 79.3 Å². The first kappa shape index (κ1) is 10.1. The van der Waals surface area contributed by atoms with Crippen molar-refractivity contribution in [2.75, 3.05) is 7.11 Å². The van der Waals surface area contributed by atoms with Crippen LogP contribution in [0.15, 0.2) is 18.4 Å². The summed E-state index contributed by atoms with van der Waals surface area (Å²) in [6.45, 7) is 3.54. The SMILES string of the molecule is C=C=C[C@H]1CCCC[C@H]1C(=O)OC. The molecule has 2 heteroatoms. The fourth-order valence-electron chi connectivity index (χ4n) is 1.95. The van der Waals surface area contributed by atoms with E-state index in [0.29, 0.717) is 5.92 Å². The number of allylic oxidation sites excluding steroid dienone is 1. The van der Waals surface area contributed by atoms with Gasteiger partial charge in [-0.3, -0.25) is 4.79 Å². The van der Waals surface area contributed by atoms with E-state index in [0.717, 1.165) is 19.3 Å². The molecule has 0 aromatic carbocycles. The second-order valence-electron chi connectivity index (χ2n) is 3.45. The minimum absolute atomic E-state index is 0.0352. The van der Waals surface area contributed by atoms with Gasteiger partial charge in [0.1, 0.15) is 0 Å². The van der Waals surface area contributed by atoms with Crippen molar-refractivity contribution < 1.29 is 9.53 Å². The molecule has 1 aliphatic rings. The Hall–Kier alpha value is -1.01. The average molecular weight is 180 g/mol. The standard InChI is InChI=1S/C11H16O2/c1-3-6-9-7-4-5-8-10(9)11(12)13-2/h6,9-10H,1,4-5,7-8H2,2H3/t9-,10+/m0/s1. The molecule has 0 aliphatic heterocycles. The van der Waals surface area contributed by atoms with Crippen LogP contribution in [0.5, 0.6) is 0 Å². The van der Waals surface area contributed by atoms with Crippen molar-refractivity contribution in [2.45, 2.75) is 25.7 Å². The summed E-state index contributed by atoms with van der Waals surface area (Å²) in [6, 6.07) is 0. The fraction of sp³-hybridized carbons (Fsp3) is 0.636. The molecule has 2 nitrogen and oxygen atoms in total. The molecule has 0 aromatic heterocycles. The fourth-order valence-corrected chi connectivity index (χ4v) is 1.95. The van der Waals surface area contributed by atoms with Gasteiger partial charge in [-0.15, -0.1) is 5.73 Å². The molecule has 1 saturated carbocycles. The third-order valence-electron chi connectivity index (χ3n) is 2.66. The second-order valence-corrected chi connectivity index (χ2v) is 3.45. The molecule has 0 amide bonds. The zero-order valence-corrected chi connectivity index (χ0v) is 8.08. The summed E-state index contributed by atoms with van der Waals surface area (Å²) in [5.74, 6) is 0.239. The molecule has 0 spiro atoms. The minimum Gasteiger partial charge on any atom is -0.469 e. The molecule has 0 heterocycles. The summed E-state index contributed by atoms with van der Waals surface area (Å²) in [7, 11) is 1.45. The number of ether oxygens (including phenoxy) is 1. The molecule has 1 aliphatic carbocycles. The van der Waals surface area contributed by atoms with Crippen molar-refractivity contribution in [1.82, 2.24) is 0 Å². The molecular weight excluding hydrogens is 164 g/mol. The number of hydrogen-bond acceptors (Lipinski definition) is 2. The summed E-state index contributed by atoms with van der Waals surface area (Å²) < 4.78 is 4.76. The number of carbonyl (C=O) groups excluding carboxylic acids is 1. The maximum Gasteiger partial charge on any atom is 0.309 e. The molecule has 2 atom stereocenters. The lowest BCUT2D eigenvalue weighted by Crippen LogP contribution is -2.26. The molecule has 13 heavy (non-hydrogen) atoms. The molecule has 0 bridgehead atoms. The van der Waals surface area contributed by atoms with Crippen LogP contribution in [0.25, 0.3) is 0 Å². The van der Waals surface area contributed by atoms with Gasteiger partial charge >= 0.3 is 5.97 Å². The van der Waals surface area contributed by atoms with Crippen LogP contribution >= 0.6 is 0 Å². The molecule has 0 aromatic rings. The van der Waals surface area contributed by atoms with Crippen LogP contribution in [0.3, 0.4) is 0 Å². The Morgan fingerprint density at radius 3 is 2.85 bits per heavy atom. The van der Waals surface area contributed by atoms with Gasteiger partial charge < -0.3 is 4.74 Å². The molecular formula is C11H16O2. The van der Waals surface area contributed by atoms with Crippen molar-refractivity contribution in [1.29, 1.82) is 0 Å². The summed E-state index contributed by atoms with van der Waals surface area (Å²) in [5.41, 5.74) is 2.76. The van der Waals surface area contributed by atoms with E-state index in [4.69, 9.17) is 4.74 Å². The van der Waals surface area contributed by atoms with Gasteiger partial charge in [0.25, 0.3) is 0 Å². The van der Waals surface area contributed by atoms with E-state index >= 15 is 0 Å². The average Bonchev–Trinajstić information content (AvgIpc) is 2.18. The van der Waals surface area contributed by atoms with E-state index in [1.54, 1.807) is 0 Å². The van der Waals surface area contributed by atoms with Gasteiger partial charge in [-0.25, -0.2) is 0 Å². The van der Waals surface area contributed by atoms with Gasteiger partial charge in [0.15, 0.2) is 0 Å². The maximum atomic E-state index is 11.4. The zero-order chi connectivity index (χ0) is 9.68. The van der Waals surface area contributed by atoms with Crippen LogP contribution in [-0.4, -0.2) is 13.1 Å². The molecule has 1 rings (SSSR count). The van der Waals surface area contributed by atoms with Crippen LogP contribution in [0, 0.1) is 11.8 Å². The second kappa shape index (κ2) is 4.88. The minimum atomic E-state index is -0.0869. The quantitative estimate of drug-likeness (QED) is 0.481. The number of methoxy groups -OCH3 is 1. The van der Waals surface area contributed by atoms with E-state index in [2.05, 4.69) is 12.3 Å². The Balaban J connectivity index is 2.66. The molecule has 0 saturated heterocycles. The van der Waals surface area contributed by atoms with Crippen molar-refractivity contribution in [2.24, 2.45) is 11.8 Å². The van der Waals surface area contributed by atoms with E-state index < -0.39 is 0 Å². The van der Waals surface area contributed by atoms with Crippen molar-refractivity contribution in [3.05, 3.63) is 18.4 Å². The van der Waals surface area contributed by atoms with Crippen LogP contribution in [0.1, 0.15) is 25.7 Å². The number of esters is 1. The summed E-state index contributed by atoms with van der Waals surface area (Å²) >= 11 is 0. The van der Waals surface area contributed by atoms with E-state index in [-0.39, 0.29) is 11.9 Å². The third-order valence-corrected chi connectivity index (χ3v) is 2.66. The van der Waals surface area contributed by atoms with E-state index in [1.165, 1.54) is 13.5 Å². The summed E-state index contributed by atoms with van der Waals surface area (Å²) in [5, 5.41) is 0. The Morgan fingerprint density at radius 2 is 2.23 bits per heavy atom. The Kier molecular flexibility index (Phi) is 3.78. The van der Waals surface area contributed by atoms with Gasteiger partial charge in [-0.1, -0.05) is 19.4 Å². The van der Waals surface area contributed by atoms with Gasteiger partial charge in [-0.05, 0) is 24.8 Å². The van der Waals surface area contributed by atoms with Crippen molar-refractivity contribution >= 4 is 5.97 Å². The van der Waals surface area contributed by atoms with Crippen LogP contribution < -0.4 is 0 Å². The highest BCUT2D eigenvalue weighted by Crippen LogP contribution is 2.31. The number of carbonyl (C=O) groups is 1. The number of hydrogen-bond donors (Lipinski definition) is 0. The Morgan fingerprint density at radius 1 is 1.54 bits per heavy atom. The monoisotopic (exact) mass is 180 g/mol. The predicted octanol–water partition coefficient (Wildman–Crippen LogP) is 2.31. The van der Waals surface area contributed by atoms with E-state index in [9.17, 15) is 4.79 Å². The largest absolute Gasteiger partial charge is 0.469 e. The highest BCUT2D eigenvalue weighted by Gasteiger charge is 2.29. The van der Waals surface area contributed by atoms with Crippen LogP contribution in [0.4, 0.5) is 0 Å². The van der Waals surface area contributed by atoms with E-state index in [1.807, 2.05) is 6.08 Å². The van der Waals surface area contributed by atoms with Gasteiger partial charge in [0.05, 0.1) is 13.0 Å². The lowest BCUT2D eigenvalue weighted by Gasteiger charge is -2.26. The van der Waals surface area contributed by atoms with Gasteiger partial charge in [0, 0.05) is 0 Å². The lowest BCUT2D eigenvalue weighted by atomic mass is 9.79. The third kappa shape index (κ3) is 2.46. The molecule has 72 valence electrons. The normalized spacial score (nSPS) is 27.5. The molecule has 0 unspecified atom stereocenters. The molecule has 1 fully saturated rings. The topological polar surface area (TPSA) is 26.3 Å². The summed E-state index contributed by atoms with van der Waals surface area (Å²) in [4.78, 5) is 11.4. The summed E-state index contributed by atoms with van der Waals surface area (Å²) in [6.07, 6.45) is 6.22. The van der Waals surface area contributed by atoms with Crippen molar-refractivity contribution in [3.8, 4) is 0 Å². The zero-order valence-electron chi connectivity index (χ0n) is 8.08. The maximum absolute atomic E-state index is 11.4. The highest BCUT2D eigenvalue weighted by atomic mass is 16.5. The lowest BCUT2D eigenvalue weighted by molar-refractivity contribution is -0.147. The van der Waals surface area contributed by atoms with Crippen molar-refractivity contribution in [3.63, 3.8) is 0 Å². The number of rotatable bonds is 2. The molecule has 0 radical (unpaired) electrons. The molecule has 0 N–H and O–H groups in total. The van der Waals surface area contributed by atoms with Gasteiger partial charge in [0.2, 0.25) is 0 Å². The highest BCUT2D eigenvalue weighted by molar-refractivity contribution is 5.73. The first-order chi connectivity index (χ1) is 6.29. The predicted molar refractivity (Wildman–Crippen MR) is 51.2 cm³/mol. The first-order valence-electron chi connectivity index (χ1n) is 4.73. The Bertz CT molecular complexity index is 226. The van der Waals surface area contributed by atoms with Crippen LogP contribution in [-0.2, 0) is 9.53 Å². The van der Waals surface area contributed by atoms with Gasteiger partial charge in [-0.2, -0.15) is 0 Å². The smallest absolute Gasteiger partial charge is 0.309 e. The first-order valence-corrected chi connectivity index (χ1v) is 4.73. The van der Waals surface area contributed by atoms with Crippen LogP contribution in [0.2, 0.25) is 0 Å².